The zero-order valence-corrected chi connectivity index (χ0v) is 15.0. The number of nitrogens with one attached hydrogen (secondary N) is 1. The maximum Gasteiger partial charge on any atom is 0.254 e. The molecule has 1 unspecified atom stereocenters. The van der Waals surface area contributed by atoms with Crippen molar-refractivity contribution in [3.63, 3.8) is 0 Å². The summed E-state index contributed by atoms with van der Waals surface area (Å²) in [6.45, 7) is 3.71. The number of rotatable bonds is 4. The van der Waals surface area contributed by atoms with Crippen LogP contribution >= 0.6 is 0 Å². The number of carbonyl (C=O) groups is 2. The lowest BCUT2D eigenvalue weighted by atomic mass is 10.1. The molecular formula is C20H21F2N3O2. The number of benzene rings is 2. The molecule has 5 nitrogen and oxygen atoms in total. The fourth-order valence-corrected chi connectivity index (χ4v) is 3.06. The predicted molar refractivity (Wildman–Crippen MR) is 98.4 cm³/mol. The molecule has 2 aromatic rings. The van der Waals surface area contributed by atoms with Gasteiger partial charge in [0.1, 0.15) is 0 Å². The van der Waals surface area contributed by atoms with Crippen LogP contribution in [0.2, 0.25) is 0 Å². The summed E-state index contributed by atoms with van der Waals surface area (Å²) < 4.78 is 26.4. The molecule has 0 saturated carbocycles. The SMILES string of the molecule is CC(C(=O)Nc1ccccc1)N1CCN(C(=O)c2ccc(F)c(F)c2)CC1. The highest BCUT2D eigenvalue weighted by Crippen LogP contribution is 2.15. The molecule has 0 aromatic heterocycles. The summed E-state index contributed by atoms with van der Waals surface area (Å²) >= 11 is 0. The van der Waals surface area contributed by atoms with Crippen molar-refractivity contribution in [3.05, 3.63) is 65.7 Å². The zero-order valence-electron chi connectivity index (χ0n) is 15.0. The Morgan fingerprint density at radius 2 is 1.63 bits per heavy atom. The van der Waals surface area contributed by atoms with Gasteiger partial charge in [-0.05, 0) is 37.3 Å². The van der Waals surface area contributed by atoms with Crippen molar-refractivity contribution in [2.24, 2.45) is 0 Å². The highest BCUT2D eigenvalue weighted by molar-refractivity contribution is 5.95. The maximum atomic E-state index is 13.3. The van der Waals surface area contributed by atoms with Crippen LogP contribution in [-0.4, -0.2) is 53.8 Å². The molecule has 1 atom stereocenters. The fourth-order valence-electron chi connectivity index (χ4n) is 3.06. The van der Waals surface area contributed by atoms with Crippen molar-refractivity contribution in [2.75, 3.05) is 31.5 Å². The average Bonchev–Trinajstić information content (AvgIpc) is 2.70. The summed E-state index contributed by atoms with van der Waals surface area (Å²) in [5, 5.41) is 2.87. The smallest absolute Gasteiger partial charge is 0.254 e. The summed E-state index contributed by atoms with van der Waals surface area (Å²) in [4.78, 5) is 28.4. The Bertz CT molecular complexity index is 821. The minimum atomic E-state index is -1.04. The number of halogens is 2. The largest absolute Gasteiger partial charge is 0.336 e. The van der Waals surface area contributed by atoms with Crippen LogP contribution in [0.4, 0.5) is 14.5 Å². The van der Waals surface area contributed by atoms with Gasteiger partial charge in [-0.3, -0.25) is 14.5 Å². The molecule has 1 saturated heterocycles. The molecule has 2 aromatic carbocycles. The van der Waals surface area contributed by atoms with Gasteiger partial charge >= 0.3 is 0 Å². The third-order valence-corrected chi connectivity index (χ3v) is 4.74. The van der Waals surface area contributed by atoms with Crippen molar-refractivity contribution in [2.45, 2.75) is 13.0 Å². The second-order valence-electron chi connectivity index (χ2n) is 6.49. The van der Waals surface area contributed by atoms with Crippen LogP contribution in [0.3, 0.4) is 0 Å². The molecule has 142 valence electrons. The quantitative estimate of drug-likeness (QED) is 0.897. The Kier molecular flexibility index (Phi) is 5.81. The van der Waals surface area contributed by atoms with Crippen LogP contribution in [0, 0.1) is 11.6 Å². The average molecular weight is 373 g/mol. The molecule has 1 aliphatic heterocycles. The Balaban J connectivity index is 1.55. The predicted octanol–water partition coefficient (Wildman–Crippen LogP) is 2.75. The number of amides is 2. The lowest BCUT2D eigenvalue weighted by molar-refractivity contribution is -0.121. The van der Waals surface area contributed by atoms with Crippen molar-refractivity contribution < 1.29 is 18.4 Å². The number of nitrogens with zero attached hydrogens (tertiary/aromatic N) is 2. The minimum absolute atomic E-state index is 0.110. The van der Waals surface area contributed by atoms with Crippen LogP contribution in [0.25, 0.3) is 0 Å². The molecule has 1 N–H and O–H groups in total. The molecule has 3 rings (SSSR count). The molecule has 7 heteroatoms. The number of hydrogen-bond donors (Lipinski definition) is 1. The van der Waals surface area contributed by atoms with Gasteiger partial charge in [0.2, 0.25) is 5.91 Å². The topological polar surface area (TPSA) is 52.7 Å². The lowest BCUT2D eigenvalue weighted by Gasteiger charge is -2.37. The molecule has 0 aliphatic carbocycles. The second kappa shape index (κ2) is 8.26. The van der Waals surface area contributed by atoms with E-state index >= 15 is 0 Å². The van der Waals surface area contributed by atoms with E-state index in [-0.39, 0.29) is 23.4 Å². The van der Waals surface area contributed by atoms with Crippen LogP contribution in [0.5, 0.6) is 0 Å². The summed E-state index contributed by atoms with van der Waals surface area (Å²) in [6.07, 6.45) is 0. The fraction of sp³-hybridized carbons (Fsp3) is 0.300. The Morgan fingerprint density at radius 1 is 0.963 bits per heavy atom. The third-order valence-electron chi connectivity index (χ3n) is 4.74. The molecule has 27 heavy (non-hydrogen) atoms. The summed E-state index contributed by atoms with van der Waals surface area (Å²) in [6, 6.07) is 12.0. The van der Waals surface area contributed by atoms with E-state index in [0.29, 0.717) is 26.2 Å². The minimum Gasteiger partial charge on any atom is -0.336 e. The van der Waals surface area contributed by atoms with Gasteiger partial charge in [0.25, 0.3) is 5.91 Å². The van der Waals surface area contributed by atoms with Gasteiger partial charge in [0.05, 0.1) is 6.04 Å². The van der Waals surface area contributed by atoms with Crippen LogP contribution in [0.1, 0.15) is 17.3 Å². The number of carbonyl (C=O) groups excluding carboxylic acids is 2. The first kappa shape index (κ1) is 19.0. The molecule has 0 radical (unpaired) electrons. The van der Waals surface area contributed by atoms with Gasteiger partial charge in [0, 0.05) is 37.4 Å². The van der Waals surface area contributed by atoms with Crippen LogP contribution in [-0.2, 0) is 4.79 Å². The summed E-state index contributed by atoms with van der Waals surface area (Å²) in [7, 11) is 0. The maximum absolute atomic E-state index is 13.3. The van der Waals surface area contributed by atoms with Crippen molar-refractivity contribution in [1.82, 2.24) is 9.80 Å². The van der Waals surface area contributed by atoms with Crippen LogP contribution in [0.15, 0.2) is 48.5 Å². The molecule has 1 heterocycles. The number of para-hydroxylation sites is 1. The van der Waals surface area contributed by atoms with Crippen LogP contribution < -0.4 is 5.32 Å². The van der Waals surface area contributed by atoms with Gasteiger partial charge in [-0.15, -0.1) is 0 Å². The Morgan fingerprint density at radius 3 is 2.26 bits per heavy atom. The zero-order chi connectivity index (χ0) is 19.4. The van der Waals surface area contributed by atoms with Gasteiger partial charge < -0.3 is 10.2 Å². The standard InChI is InChI=1S/C20H21F2N3O2/c1-14(19(26)23-16-5-3-2-4-6-16)24-9-11-25(12-10-24)20(27)15-7-8-17(21)18(22)13-15/h2-8,13-14H,9-12H2,1H3,(H,23,26). The lowest BCUT2D eigenvalue weighted by Crippen LogP contribution is -2.54. The van der Waals surface area contributed by atoms with Gasteiger partial charge in [0.15, 0.2) is 11.6 Å². The third kappa shape index (κ3) is 4.49. The normalized spacial score (nSPS) is 16.0. The molecule has 1 aliphatic rings. The van der Waals surface area contributed by atoms with Gasteiger partial charge in [-0.2, -0.15) is 0 Å². The monoisotopic (exact) mass is 373 g/mol. The number of anilines is 1. The molecule has 2 amide bonds. The first-order valence-corrected chi connectivity index (χ1v) is 8.80. The van der Waals surface area contributed by atoms with E-state index in [1.54, 1.807) is 4.90 Å². The molecule has 1 fully saturated rings. The van der Waals surface area contributed by atoms with E-state index in [1.165, 1.54) is 6.07 Å². The van der Waals surface area contributed by atoms with Crippen molar-refractivity contribution in [1.29, 1.82) is 0 Å². The van der Waals surface area contributed by atoms with E-state index in [1.807, 2.05) is 42.2 Å². The summed E-state index contributed by atoms with van der Waals surface area (Å²) in [5.74, 6) is -2.46. The highest BCUT2D eigenvalue weighted by atomic mass is 19.2. The highest BCUT2D eigenvalue weighted by Gasteiger charge is 2.28. The van der Waals surface area contributed by atoms with E-state index < -0.39 is 11.6 Å². The first-order chi connectivity index (χ1) is 13.0. The van der Waals surface area contributed by atoms with Gasteiger partial charge in [-0.1, -0.05) is 18.2 Å². The Hall–Kier alpha value is -2.80. The van der Waals surface area contributed by atoms with Crippen molar-refractivity contribution in [3.8, 4) is 0 Å². The molecular weight excluding hydrogens is 352 g/mol. The second-order valence-corrected chi connectivity index (χ2v) is 6.49. The number of hydrogen-bond acceptors (Lipinski definition) is 3. The molecule has 0 spiro atoms. The van der Waals surface area contributed by atoms with E-state index in [2.05, 4.69) is 5.32 Å². The van der Waals surface area contributed by atoms with Crippen molar-refractivity contribution >= 4 is 17.5 Å². The van der Waals surface area contributed by atoms with E-state index in [4.69, 9.17) is 0 Å². The first-order valence-electron chi connectivity index (χ1n) is 8.80. The van der Waals surface area contributed by atoms with Gasteiger partial charge in [-0.25, -0.2) is 8.78 Å². The van der Waals surface area contributed by atoms with E-state index in [9.17, 15) is 18.4 Å². The molecule has 0 bridgehead atoms. The summed E-state index contributed by atoms with van der Waals surface area (Å²) in [5.41, 5.74) is 0.860. The number of piperazine rings is 1. The Labute approximate surface area is 156 Å². The van der Waals surface area contributed by atoms with E-state index in [0.717, 1.165) is 17.8 Å².